The Morgan fingerprint density at radius 3 is 2.24 bits per heavy atom. The van der Waals surface area contributed by atoms with Gasteiger partial charge in [-0.25, -0.2) is 0 Å². The van der Waals surface area contributed by atoms with Gasteiger partial charge in [0, 0.05) is 9.26 Å². The summed E-state index contributed by atoms with van der Waals surface area (Å²) in [5.74, 6) is 0.627. The molecule has 0 saturated carbocycles. The molecule has 0 heterocycles. The molecule has 0 fully saturated rings. The molecule has 2 aromatic carbocycles. The second kappa shape index (κ2) is 6.93. The molecule has 4 heteroatoms. The Balaban J connectivity index is 2.04. The first-order valence-corrected chi connectivity index (χ1v) is 7.84. The summed E-state index contributed by atoms with van der Waals surface area (Å²) in [7, 11) is 0. The Bertz CT molecular complexity index is 617. The van der Waals surface area contributed by atoms with Crippen molar-refractivity contribution in [2.45, 2.75) is 26.9 Å². The van der Waals surface area contributed by atoms with Crippen LogP contribution in [0.4, 0.5) is 5.69 Å². The third kappa shape index (κ3) is 4.20. The van der Waals surface area contributed by atoms with Crippen molar-refractivity contribution in [3.05, 3.63) is 57.2 Å². The van der Waals surface area contributed by atoms with Gasteiger partial charge in [0.25, 0.3) is 5.91 Å². The average molecular weight is 395 g/mol. The van der Waals surface area contributed by atoms with Crippen LogP contribution in [0.15, 0.2) is 42.5 Å². The second-order valence-electron chi connectivity index (χ2n) is 4.98. The molecule has 0 unspecified atom stereocenters. The highest BCUT2D eigenvalue weighted by Gasteiger charge is 2.16. The molecular formula is C17H18INO2. The van der Waals surface area contributed by atoms with Gasteiger partial charge in [-0.3, -0.25) is 4.79 Å². The smallest absolute Gasteiger partial charge is 0.265 e. The molecule has 0 saturated heterocycles. The molecule has 0 aromatic heterocycles. The van der Waals surface area contributed by atoms with Crippen LogP contribution in [0.1, 0.15) is 18.1 Å². The van der Waals surface area contributed by atoms with Crippen LogP contribution in [0.25, 0.3) is 0 Å². The van der Waals surface area contributed by atoms with Crippen LogP contribution >= 0.6 is 22.6 Å². The fourth-order valence-corrected chi connectivity index (χ4v) is 2.35. The van der Waals surface area contributed by atoms with E-state index in [2.05, 4.69) is 27.9 Å². The van der Waals surface area contributed by atoms with Gasteiger partial charge >= 0.3 is 0 Å². The number of carbonyl (C=O) groups is 1. The van der Waals surface area contributed by atoms with E-state index in [0.717, 1.165) is 26.1 Å². The van der Waals surface area contributed by atoms with Gasteiger partial charge in [0.2, 0.25) is 0 Å². The molecule has 3 nitrogen and oxygen atoms in total. The van der Waals surface area contributed by atoms with Crippen molar-refractivity contribution < 1.29 is 9.53 Å². The molecule has 1 amide bonds. The highest BCUT2D eigenvalue weighted by Crippen LogP contribution is 2.23. The van der Waals surface area contributed by atoms with Crippen LogP contribution in [0, 0.1) is 17.4 Å². The Hall–Kier alpha value is -1.56. The van der Waals surface area contributed by atoms with Crippen LogP contribution in [0.3, 0.4) is 0 Å². The van der Waals surface area contributed by atoms with Gasteiger partial charge in [0.15, 0.2) is 6.10 Å². The van der Waals surface area contributed by atoms with E-state index < -0.39 is 6.10 Å². The number of halogens is 1. The fourth-order valence-electron chi connectivity index (χ4n) is 1.99. The van der Waals surface area contributed by atoms with E-state index >= 15 is 0 Å². The molecule has 2 aromatic rings. The molecular weight excluding hydrogens is 377 g/mol. The zero-order chi connectivity index (χ0) is 15.4. The van der Waals surface area contributed by atoms with E-state index in [1.165, 1.54) is 0 Å². The predicted octanol–water partition coefficient (Wildman–Crippen LogP) is 4.31. The minimum atomic E-state index is -0.552. The molecule has 1 N–H and O–H groups in total. The number of hydrogen-bond acceptors (Lipinski definition) is 2. The van der Waals surface area contributed by atoms with Gasteiger partial charge < -0.3 is 10.1 Å². The number of carbonyl (C=O) groups excluding carboxylic acids is 1. The summed E-state index contributed by atoms with van der Waals surface area (Å²) in [6.07, 6.45) is -0.552. The van der Waals surface area contributed by atoms with Crippen molar-refractivity contribution in [3.63, 3.8) is 0 Å². The van der Waals surface area contributed by atoms with Gasteiger partial charge in [-0.15, -0.1) is 0 Å². The standard InChI is InChI=1S/C17H18INO2/c1-11-5-4-6-12(2)16(11)21-13(3)17(20)19-15-9-7-14(18)8-10-15/h4-10,13H,1-3H3,(H,19,20)/t13-/m1/s1. The first-order valence-electron chi connectivity index (χ1n) is 6.76. The van der Waals surface area contributed by atoms with Crippen LogP contribution in [0.5, 0.6) is 5.75 Å². The van der Waals surface area contributed by atoms with Crippen molar-refractivity contribution in [1.82, 2.24) is 0 Å². The van der Waals surface area contributed by atoms with E-state index in [1.54, 1.807) is 6.92 Å². The SMILES string of the molecule is Cc1cccc(C)c1O[C@H](C)C(=O)Nc1ccc(I)cc1. The van der Waals surface area contributed by atoms with Crippen LogP contribution in [0.2, 0.25) is 0 Å². The number of hydrogen-bond donors (Lipinski definition) is 1. The van der Waals surface area contributed by atoms with E-state index in [1.807, 2.05) is 56.3 Å². The number of para-hydroxylation sites is 1. The van der Waals surface area contributed by atoms with Crippen molar-refractivity contribution in [2.24, 2.45) is 0 Å². The lowest BCUT2D eigenvalue weighted by Gasteiger charge is -2.18. The van der Waals surface area contributed by atoms with Crippen molar-refractivity contribution in [3.8, 4) is 5.75 Å². The van der Waals surface area contributed by atoms with Crippen LogP contribution in [-0.4, -0.2) is 12.0 Å². The van der Waals surface area contributed by atoms with Gasteiger partial charge in [-0.05, 0) is 78.8 Å². The maximum atomic E-state index is 12.2. The van der Waals surface area contributed by atoms with Gasteiger partial charge in [0.1, 0.15) is 5.75 Å². The lowest BCUT2D eigenvalue weighted by molar-refractivity contribution is -0.122. The first-order chi connectivity index (χ1) is 9.97. The van der Waals surface area contributed by atoms with E-state index in [4.69, 9.17) is 4.74 Å². The lowest BCUT2D eigenvalue weighted by atomic mass is 10.1. The predicted molar refractivity (Wildman–Crippen MR) is 93.8 cm³/mol. The lowest BCUT2D eigenvalue weighted by Crippen LogP contribution is -2.30. The minimum Gasteiger partial charge on any atom is -0.480 e. The molecule has 110 valence electrons. The largest absolute Gasteiger partial charge is 0.480 e. The van der Waals surface area contributed by atoms with Crippen molar-refractivity contribution in [1.29, 1.82) is 0 Å². The summed E-state index contributed by atoms with van der Waals surface area (Å²) in [6, 6.07) is 13.6. The molecule has 0 radical (unpaired) electrons. The molecule has 0 aliphatic heterocycles. The number of anilines is 1. The highest BCUT2D eigenvalue weighted by atomic mass is 127. The molecule has 21 heavy (non-hydrogen) atoms. The normalized spacial score (nSPS) is 11.8. The quantitative estimate of drug-likeness (QED) is 0.784. The maximum Gasteiger partial charge on any atom is 0.265 e. The molecule has 0 spiro atoms. The third-order valence-electron chi connectivity index (χ3n) is 3.18. The zero-order valence-corrected chi connectivity index (χ0v) is 14.5. The Kier molecular flexibility index (Phi) is 5.22. The first kappa shape index (κ1) is 15.8. The van der Waals surface area contributed by atoms with Gasteiger partial charge in [-0.1, -0.05) is 18.2 Å². The van der Waals surface area contributed by atoms with Crippen LogP contribution in [-0.2, 0) is 4.79 Å². The number of amides is 1. The number of ether oxygens (including phenoxy) is 1. The summed E-state index contributed by atoms with van der Waals surface area (Å²) >= 11 is 2.23. The Morgan fingerprint density at radius 1 is 1.10 bits per heavy atom. The molecule has 0 bridgehead atoms. The molecule has 0 aliphatic carbocycles. The summed E-state index contributed by atoms with van der Waals surface area (Å²) in [5, 5.41) is 2.86. The molecule has 0 aliphatic rings. The Labute approximate surface area is 138 Å². The van der Waals surface area contributed by atoms with E-state index in [0.29, 0.717) is 0 Å². The fraction of sp³-hybridized carbons (Fsp3) is 0.235. The molecule has 1 atom stereocenters. The second-order valence-corrected chi connectivity index (χ2v) is 6.22. The van der Waals surface area contributed by atoms with Gasteiger partial charge in [0.05, 0.1) is 0 Å². The van der Waals surface area contributed by atoms with Gasteiger partial charge in [-0.2, -0.15) is 0 Å². The number of rotatable bonds is 4. The monoisotopic (exact) mass is 395 g/mol. The van der Waals surface area contributed by atoms with Crippen molar-refractivity contribution >= 4 is 34.2 Å². The van der Waals surface area contributed by atoms with E-state index in [9.17, 15) is 4.79 Å². The third-order valence-corrected chi connectivity index (χ3v) is 3.90. The number of aryl methyl sites for hydroxylation is 2. The summed E-state index contributed by atoms with van der Waals surface area (Å²) in [5.41, 5.74) is 2.84. The summed E-state index contributed by atoms with van der Waals surface area (Å²) in [6.45, 7) is 5.71. The summed E-state index contributed by atoms with van der Waals surface area (Å²) in [4.78, 5) is 12.2. The van der Waals surface area contributed by atoms with Crippen LogP contribution < -0.4 is 10.1 Å². The molecule has 2 rings (SSSR count). The minimum absolute atomic E-state index is 0.154. The number of benzene rings is 2. The zero-order valence-electron chi connectivity index (χ0n) is 12.3. The van der Waals surface area contributed by atoms with Crippen molar-refractivity contribution in [2.75, 3.05) is 5.32 Å². The average Bonchev–Trinajstić information content (AvgIpc) is 2.45. The highest BCUT2D eigenvalue weighted by molar-refractivity contribution is 14.1. The maximum absolute atomic E-state index is 12.2. The summed E-state index contributed by atoms with van der Waals surface area (Å²) < 4.78 is 6.95. The topological polar surface area (TPSA) is 38.3 Å². The van der Waals surface area contributed by atoms with E-state index in [-0.39, 0.29) is 5.91 Å². The number of nitrogens with one attached hydrogen (secondary N) is 1. The Morgan fingerprint density at radius 2 is 1.67 bits per heavy atom.